The van der Waals surface area contributed by atoms with Gasteiger partial charge in [0.2, 0.25) is 5.91 Å². The van der Waals surface area contributed by atoms with Crippen LogP contribution in [0.2, 0.25) is 0 Å². The largest absolute Gasteiger partial charge is 0.402 e. The predicted octanol–water partition coefficient (Wildman–Crippen LogP) is 3.41. The highest BCUT2D eigenvalue weighted by Crippen LogP contribution is 2.32. The Kier molecular flexibility index (Phi) is 5.16. The molecule has 12 heteroatoms. The zero-order valence-corrected chi connectivity index (χ0v) is 17.7. The number of amides is 1. The summed E-state index contributed by atoms with van der Waals surface area (Å²) in [6.07, 6.45) is 1.05. The van der Waals surface area contributed by atoms with E-state index >= 15 is 0 Å². The van der Waals surface area contributed by atoms with Crippen LogP contribution in [0.4, 0.5) is 6.01 Å². The van der Waals surface area contributed by atoms with Crippen LogP contribution in [0.25, 0.3) is 10.8 Å². The third-order valence-electron chi connectivity index (χ3n) is 4.00. The van der Waals surface area contributed by atoms with Gasteiger partial charge in [0.1, 0.15) is 10.3 Å². The highest BCUT2D eigenvalue weighted by molar-refractivity contribution is 9.11. The Labute approximate surface area is 171 Å². The van der Waals surface area contributed by atoms with E-state index in [9.17, 15) is 13.2 Å². The average molecular weight is 489 g/mol. The van der Waals surface area contributed by atoms with Crippen LogP contribution >= 0.6 is 38.6 Å². The summed E-state index contributed by atoms with van der Waals surface area (Å²) in [5.41, 5.74) is 0. The minimum absolute atomic E-state index is 0.0557. The lowest BCUT2D eigenvalue weighted by Crippen LogP contribution is -2.42. The van der Waals surface area contributed by atoms with Gasteiger partial charge in [0.15, 0.2) is 0 Å². The predicted molar refractivity (Wildman–Crippen MR) is 105 cm³/mol. The number of nitrogens with zero attached hydrogens (tertiary/aromatic N) is 3. The van der Waals surface area contributed by atoms with E-state index in [1.165, 1.54) is 21.7 Å². The molecule has 0 unspecified atom stereocenters. The summed E-state index contributed by atoms with van der Waals surface area (Å²) in [6.45, 7) is 0.302. The molecule has 0 saturated carbocycles. The summed E-state index contributed by atoms with van der Waals surface area (Å²) in [6, 6.07) is 6.03. The van der Waals surface area contributed by atoms with E-state index < -0.39 is 22.0 Å². The van der Waals surface area contributed by atoms with Gasteiger partial charge in [0.05, 0.1) is 8.66 Å². The maximum Gasteiger partial charge on any atom is 0.322 e. The van der Waals surface area contributed by atoms with Crippen molar-refractivity contribution in [1.82, 2.24) is 14.5 Å². The van der Waals surface area contributed by atoms with Gasteiger partial charge in [0, 0.05) is 6.54 Å². The summed E-state index contributed by atoms with van der Waals surface area (Å²) in [4.78, 5) is 13.4. The van der Waals surface area contributed by atoms with Crippen molar-refractivity contribution in [2.75, 3.05) is 11.9 Å². The summed E-state index contributed by atoms with van der Waals surface area (Å²) < 4.78 is 33.4. The van der Waals surface area contributed by atoms with E-state index in [1.807, 2.05) is 12.1 Å². The maximum atomic E-state index is 12.8. The number of sulfonamides is 1. The molecule has 0 radical (unpaired) electrons. The number of aromatic nitrogens is 2. The normalized spacial score (nSPS) is 18.0. The van der Waals surface area contributed by atoms with Crippen molar-refractivity contribution >= 4 is 60.5 Å². The lowest BCUT2D eigenvalue weighted by molar-refractivity contribution is -0.119. The lowest BCUT2D eigenvalue weighted by Gasteiger charge is -2.21. The molecule has 4 heterocycles. The highest BCUT2D eigenvalue weighted by atomic mass is 79.9. The molecule has 0 spiro atoms. The van der Waals surface area contributed by atoms with Crippen molar-refractivity contribution in [3.63, 3.8) is 0 Å². The first-order valence-corrected chi connectivity index (χ1v) is 11.8. The van der Waals surface area contributed by atoms with E-state index in [0.29, 0.717) is 19.4 Å². The molecule has 1 aliphatic heterocycles. The van der Waals surface area contributed by atoms with E-state index in [1.54, 1.807) is 11.4 Å². The number of carbonyl (C=O) groups excluding carboxylic acids is 1. The first-order chi connectivity index (χ1) is 12.9. The second-order valence-corrected chi connectivity index (χ2v) is 11.2. The van der Waals surface area contributed by atoms with E-state index in [2.05, 4.69) is 31.4 Å². The number of nitrogens with one attached hydrogen (secondary N) is 1. The van der Waals surface area contributed by atoms with Crippen molar-refractivity contribution in [3.05, 3.63) is 33.4 Å². The minimum Gasteiger partial charge on any atom is -0.402 e. The highest BCUT2D eigenvalue weighted by Gasteiger charge is 2.40. The fraction of sp³-hybridized carbons (Fsp3) is 0.267. The van der Waals surface area contributed by atoms with Gasteiger partial charge in [-0.25, -0.2) is 8.42 Å². The molecule has 1 amide bonds. The molecular weight excluding hydrogens is 476 g/mol. The molecule has 0 bridgehead atoms. The van der Waals surface area contributed by atoms with Crippen molar-refractivity contribution < 1.29 is 17.6 Å². The van der Waals surface area contributed by atoms with Crippen LogP contribution in [0, 0.1) is 0 Å². The molecule has 3 aromatic rings. The van der Waals surface area contributed by atoms with Gasteiger partial charge in [-0.15, -0.1) is 27.8 Å². The number of hydrogen-bond donors (Lipinski definition) is 1. The fourth-order valence-electron chi connectivity index (χ4n) is 2.81. The number of rotatable bonds is 5. The third kappa shape index (κ3) is 3.72. The average Bonchev–Trinajstić information content (AvgIpc) is 3.41. The summed E-state index contributed by atoms with van der Waals surface area (Å²) >= 11 is 5.91. The van der Waals surface area contributed by atoms with Crippen molar-refractivity contribution in [3.8, 4) is 10.8 Å². The molecule has 3 aromatic heterocycles. The van der Waals surface area contributed by atoms with Gasteiger partial charge in [-0.3, -0.25) is 10.1 Å². The van der Waals surface area contributed by atoms with Crippen LogP contribution in [-0.4, -0.2) is 41.4 Å². The molecule has 0 aromatic carbocycles. The van der Waals surface area contributed by atoms with E-state index in [-0.39, 0.29) is 16.1 Å². The Hall–Kier alpha value is -1.60. The molecule has 4 rings (SSSR count). The van der Waals surface area contributed by atoms with Gasteiger partial charge < -0.3 is 4.42 Å². The molecule has 1 N–H and O–H groups in total. The Balaban J connectivity index is 1.50. The lowest BCUT2D eigenvalue weighted by atomic mass is 10.2. The molecule has 1 atom stereocenters. The standard InChI is InChI=1S/C15H13BrN4O4S3/c16-11-6-5-10(26-11)14-18-19-15(24-14)17-13(21)9-3-1-7-20(9)27(22,23)12-4-2-8-25-12/h2,4-6,8-9H,1,3,7H2,(H,17,19,21)/t9-/m0/s1. The number of anilines is 1. The zero-order valence-electron chi connectivity index (χ0n) is 13.7. The summed E-state index contributed by atoms with van der Waals surface area (Å²) in [5.74, 6) is -0.189. The van der Waals surface area contributed by atoms with Crippen LogP contribution in [0.3, 0.4) is 0 Å². The Morgan fingerprint density at radius 2 is 2.19 bits per heavy atom. The third-order valence-corrected chi connectivity index (χ3v) is 8.90. The number of thiophene rings is 2. The van der Waals surface area contributed by atoms with Gasteiger partial charge >= 0.3 is 6.01 Å². The Morgan fingerprint density at radius 3 is 2.89 bits per heavy atom. The minimum atomic E-state index is -3.70. The van der Waals surface area contributed by atoms with Gasteiger partial charge in [-0.2, -0.15) is 4.31 Å². The fourth-order valence-corrected chi connectivity index (χ4v) is 6.89. The molecule has 8 nitrogen and oxygen atoms in total. The van der Waals surface area contributed by atoms with Crippen LogP contribution in [0.1, 0.15) is 12.8 Å². The van der Waals surface area contributed by atoms with Crippen molar-refractivity contribution in [2.45, 2.75) is 23.1 Å². The smallest absolute Gasteiger partial charge is 0.322 e. The summed E-state index contributed by atoms with van der Waals surface area (Å²) in [5, 5.41) is 12.0. The quantitative estimate of drug-likeness (QED) is 0.589. The molecule has 27 heavy (non-hydrogen) atoms. The van der Waals surface area contributed by atoms with Gasteiger partial charge in [-0.1, -0.05) is 11.2 Å². The molecule has 1 saturated heterocycles. The van der Waals surface area contributed by atoms with Crippen LogP contribution in [0.15, 0.2) is 42.1 Å². The molecule has 142 valence electrons. The molecular formula is C15H13BrN4O4S3. The van der Waals surface area contributed by atoms with Crippen LogP contribution in [-0.2, 0) is 14.8 Å². The topological polar surface area (TPSA) is 105 Å². The van der Waals surface area contributed by atoms with Crippen molar-refractivity contribution in [2.24, 2.45) is 0 Å². The number of carbonyl (C=O) groups is 1. The van der Waals surface area contributed by atoms with E-state index in [0.717, 1.165) is 20.0 Å². The molecule has 1 aliphatic rings. The van der Waals surface area contributed by atoms with Crippen LogP contribution < -0.4 is 5.32 Å². The second kappa shape index (κ2) is 7.43. The molecule has 0 aliphatic carbocycles. The zero-order chi connectivity index (χ0) is 19.0. The Morgan fingerprint density at radius 1 is 1.33 bits per heavy atom. The SMILES string of the molecule is O=C(Nc1nnc(-c2ccc(Br)s2)o1)[C@@H]1CCCN1S(=O)(=O)c1cccs1. The van der Waals surface area contributed by atoms with Crippen molar-refractivity contribution in [1.29, 1.82) is 0 Å². The second-order valence-electron chi connectivity index (χ2n) is 5.71. The monoisotopic (exact) mass is 488 g/mol. The summed E-state index contributed by atoms with van der Waals surface area (Å²) in [7, 11) is -3.70. The first-order valence-electron chi connectivity index (χ1n) is 7.90. The molecule has 1 fully saturated rings. The number of halogens is 1. The first kappa shape index (κ1) is 18.7. The van der Waals surface area contributed by atoms with Gasteiger partial charge in [0.25, 0.3) is 15.9 Å². The van der Waals surface area contributed by atoms with E-state index in [4.69, 9.17) is 4.42 Å². The van der Waals surface area contributed by atoms with Gasteiger partial charge in [-0.05, 0) is 52.4 Å². The maximum absolute atomic E-state index is 12.8. The number of hydrogen-bond acceptors (Lipinski definition) is 8. The van der Waals surface area contributed by atoms with Crippen LogP contribution in [0.5, 0.6) is 0 Å². The Bertz CT molecular complexity index is 1060.